The van der Waals surface area contributed by atoms with Crippen LogP contribution >= 0.6 is 23.1 Å². The van der Waals surface area contributed by atoms with E-state index in [2.05, 4.69) is 13.8 Å². The van der Waals surface area contributed by atoms with E-state index in [-0.39, 0.29) is 17.7 Å². The molecule has 0 bridgehead atoms. The summed E-state index contributed by atoms with van der Waals surface area (Å²) in [7, 11) is 0. The number of carbonyl (C=O) groups excluding carboxylic acids is 1. The van der Waals surface area contributed by atoms with Crippen molar-refractivity contribution in [3.05, 3.63) is 22.4 Å². The molecule has 1 saturated heterocycles. The third-order valence-corrected chi connectivity index (χ3v) is 7.00. The summed E-state index contributed by atoms with van der Waals surface area (Å²) in [6.07, 6.45) is -1.66. The second kappa shape index (κ2) is 7.65. The molecule has 1 aromatic heterocycles. The fourth-order valence-corrected chi connectivity index (χ4v) is 5.71. The molecule has 1 amide bonds. The molecule has 25 heavy (non-hydrogen) atoms. The third-order valence-electron chi connectivity index (χ3n) is 4.68. The number of nitrogens with two attached hydrogens (primary N) is 1. The van der Waals surface area contributed by atoms with E-state index >= 15 is 0 Å². The Bertz CT molecular complexity index is 635. The number of aliphatic imine (C=N–C) groups is 1. The van der Waals surface area contributed by atoms with Gasteiger partial charge in [-0.15, -0.1) is 11.3 Å². The van der Waals surface area contributed by atoms with Crippen LogP contribution in [0.25, 0.3) is 0 Å². The van der Waals surface area contributed by atoms with Crippen molar-refractivity contribution in [1.82, 2.24) is 4.90 Å². The van der Waals surface area contributed by atoms with Gasteiger partial charge in [-0.1, -0.05) is 31.7 Å². The summed E-state index contributed by atoms with van der Waals surface area (Å²) in [4.78, 5) is 19.8. The minimum Gasteiger partial charge on any atom is -0.390 e. The van der Waals surface area contributed by atoms with Crippen molar-refractivity contribution >= 4 is 34.2 Å². The fourth-order valence-electron chi connectivity index (χ4n) is 3.43. The molecule has 0 unspecified atom stereocenters. The van der Waals surface area contributed by atoms with Crippen LogP contribution < -0.4 is 5.73 Å². The van der Waals surface area contributed by atoms with Crippen LogP contribution in [0.5, 0.6) is 0 Å². The fraction of sp³-hybridized carbons (Fsp3) is 0.647. The highest BCUT2D eigenvalue weighted by atomic mass is 32.2. The van der Waals surface area contributed by atoms with Gasteiger partial charge in [-0.2, -0.15) is 0 Å². The molecule has 5 atom stereocenters. The molecule has 0 spiro atoms. The summed E-state index contributed by atoms with van der Waals surface area (Å²) >= 11 is 3.16. The smallest absolute Gasteiger partial charge is 0.221 e. The summed E-state index contributed by atoms with van der Waals surface area (Å²) in [5.74, 6) is -0.470. The lowest BCUT2D eigenvalue weighted by atomic mass is 9.80. The average molecular weight is 384 g/mol. The van der Waals surface area contributed by atoms with Gasteiger partial charge in [-0.05, 0) is 23.8 Å². The van der Waals surface area contributed by atoms with Crippen molar-refractivity contribution in [3.8, 4) is 0 Å². The molecule has 8 heteroatoms. The van der Waals surface area contributed by atoms with Gasteiger partial charge in [-0.3, -0.25) is 9.79 Å². The number of aliphatic hydroxyl groups is 2. The van der Waals surface area contributed by atoms with Crippen LogP contribution in [-0.4, -0.2) is 56.2 Å². The molecule has 6 nitrogen and oxygen atoms in total. The molecule has 0 aromatic carbocycles. The molecular weight excluding hydrogens is 358 g/mol. The Morgan fingerprint density at radius 2 is 2.24 bits per heavy atom. The van der Waals surface area contributed by atoms with E-state index in [1.54, 1.807) is 11.3 Å². The van der Waals surface area contributed by atoms with Crippen LogP contribution in [0, 0.1) is 11.8 Å². The Kier molecular flexibility index (Phi) is 5.72. The Hall–Kier alpha value is -1.09. The number of fused-ring (bicyclic) bond motifs is 1. The molecule has 2 heterocycles. The van der Waals surface area contributed by atoms with E-state index in [1.807, 2.05) is 22.4 Å². The SMILES string of the molecule is CC(C)CN=C1S[C@H]2[C@@H]([C@@H](O)[C@H](O)C[C@@H]2C(N)=O)N1Cc1cccs1. The normalized spacial score (nSPS) is 33.9. The van der Waals surface area contributed by atoms with Crippen molar-refractivity contribution < 1.29 is 15.0 Å². The van der Waals surface area contributed by atoms with E-state index in [1.165, 1.54) is 11.8 Å². The molecule has 2 aliphatic rings. The summed E-state index contributed by atoms with van der Waals surface area (Å²) in [5.41, 5.74) is 5.58. The largest absolute Gasteiger partial charge is 0.390 e. The second-order valence-electron chi connectivity index (χ2n) is 7.10. The summed E-state index contributed by atoms with van der Waals surface area (Å²) in [6, 6.07) is 3.67. The molecular formula is C17H25N3O3S2. The number of carbonyl (C=O) groups is 1. The maximum absolute atomic E-state index is 11.9. The summed E-state index contributed by atoms with van der Waals surface area (Å²) in [5, 5.41) is 23.6. The number of nitrogens with zero attached hydrogens (tertiary/aromatic N) is 2. The number of amidine groups is 1. The Morgan fingerprint density at radius 3 is 2.84 bits per heavy atom. The molecule has 1 aromatic rings. The van der Waals surface area contributed by atoms with Gasteiger partial charge in [-0.25, -0.2) is 0 Å². The monoisotopic (exact) mass is 383 g/mol. The molecule has 1 aliphatic carbocycles. The molecule has 0 radical (unpaired) electrons. The molecule has 1 saturated carbocycles. The molecule has 3 rings (SSSR count). The van der Waals surface area contributed by atoms with E-state index in [0.717, 1.165) is 10.0 Å². The first-order valence-corrected chi connectivity index (χ1v) is 10.3. The third kappa shape index (κ3) is 3.86. The van der Waals surface area contributed by atoms with E-state index in [0.29, 0.717) is 19.0 Å². The van der Waals surface area contributed by atoms with Crippen molar-refractivity contribution in [3.63, 3.8) is 0 Å². The van der Waals surface area contributed by atoms with Crippen molar-refractivity contribution in [2.45, 2.75) is 50.3 Å². The van der Waals surface area contributed by atoms with Crippen molar-refractivity contribution in [2.75, 3.05) is 6.54 Å². The highest BCUT2D eigenvalue weighted by Crippen LogP contribution is 2.44. The van der Waals surface area contributed by atoms with Crippen LogP contribution in [0.4, 0.5) is 0 Å². The van der Waals surface area contributed by atoms with Crippen LogP contribution in [0.15, 0.2) is 22.5 Å². The van der Waals surface area contributed by atoms with Crippen molar-refractivity contribution in [1.29, 1.82) is 0 Å². The van der Waals surface area contributed by atoms with Gasteiger partial charge in [0.05, 0.1) is 24.6 Å². The molecule has 4 N–H and O–H groups in total. The van der Waals surface area contributed by atoms with E-state index in [9.17, 15) is 15.0 Å². The number of amides is 1. The zero-order valence-electron chi connectivity index (χ0n) is 14.4. The van der Waals surface area contributed by atoms with Gasteiger partial charge in [0.2, 0.25) is 5.91 Å². The lowest BCUT2D eigenvalue weighted by molar-refractivity contribution is -0.128. The summed E-state index contributed by atoms with van der Waals surface area (Å²) in [6.45, 7) is 5.50. The van der Waals surface area contributed by atoms with Crippen molar-refractivity contribution in [2.24, 2.45) is 22.6 Å². The van der Waals surface area contributed by atoms with E-state index < -0.39 is 24.0 Å². The van der Waals surface area contributed by atoms with Gasteiger partial charge in [0.15, 0.2) is 5.17 Å². The lowest BCUT2D eigenvalue weighted by Crippen LogP contribution is -2.58. The average Bonchev–Trinajstić information content (AvgIpc) is 3.17. The predicted octanol–water partition coefficient (Wildman–Crippen LogP) is 1.27. The van der Waals surface area contributed by atoms with Crippen LogP contribution in [0.2, 0.25) is 0 Å². The number of thioether (sulfide) groups is 1. The highest BCUT2D eigenvalue weighted by Gasteiger charge is 2.54. The highest BCUT2D eigenvalue weighted by molar-refractivity contribution is 8.14. The number of thiophene rings is 1. The topological polar surface area (TPSA) is 99.1 Å². The Balaban J connectivity index is 1.94. The maximum atomic E-state index is 11.9. The summed E-state index contributed by atoms with van der Waals surface area (Å²) < 4.78 is 0. The van der Waals surface area contributed by atoms with E-state index in [4.69, 9.17) is 10.7 Å². The molecule has 138 valence electrons. The quantitative estimate of drug-likeness (QED) is 0.711. The maximum Gasteiger partial charge on any atom is 0.221 e. The van der Waals surface area contributed by atoms with Crippen LogP contribution in [0.3, 0.4) is 0 Å². The number of aliphatic hydroxyl groups excluding tert-OH is 2. The minimum absolute atomic E-state index is 0.179. The predicted molar refractivity (Wildman–Crippen MR) is 101 cm³/mol. The standard InChI is InChI=1S/C17H25N3O3S2/c1-9(2)7-19-17-20(8-10-4-3-5-24-10)13-14(22)12(21)6-11(16(18)23)15(13)25-17/h3-5,9,11-15,21-22H,6-8H2,1-2H3,(H2,18,23)/t11-,12+,13+,14-,15+/m0/s1. The zero-order chi connectivity index (χ0) is 18.1. The molecule has 2 fully saturated rings. The van der Waals surface area contributed by atoms with Crippen LogP contribution in [0.1, 0.15) is 25.1 Å². The van der Waals surface area contributed by atoms with Gasteiger partial charge < -0.3 is 20.8 Å². The van der Waals surface area contributed by atoms with Gasteiger partial charge in [0, 0.05) is 16.7 Å². The Morgan fingerprint density at radius 1 is 1.48 bits per heavy atom. The number of primary amides is 1. The number of hydrogen-bond acceptors (Lipinski definition) is 6. The zero-order valence-corrected chi connectivity index (χ0v) is 16.0. The lowest BCUT2D eigenvalue weighted by Gasteiger charge is -2.41. The van der Waals surface area contributed by atoms with Gasteiger partial charge in [0.25, 0.3) is 0 Å². The minimum atomic E-state index is -0.949. The second-order valence-corrected chi connectivity index (χ2v) is 9.28. The first kappa shape index (κ1) is 18.7. The first-order valence-electron chi connectivity index (χ1n) is 8.54. The van der Waals surface area contributed by atoms with Gasteiger partial charge in [0.1, 0.15) is 6.10 Å². The molecule has 1 aliphatic heterocycles. The van der Waals surface area contributed by atoms with Gasteiger partial charge >= 0.3 is 0 Å². The van der Waals surface area contributed by atoms with Crippen LogP contribution in [-0.2, 0) is 11.3 Å². The first-order chi connectivity index (χ1) is 11.9. The number of rotatable bonds is 5. The Labute approximate surface area is 156 Å². The number of hydrogen-bond donors (Lipinski definition) is 3.